The van der Waals surface area contributed by atoms with Gasteiger partial charge in [0.1, 0.15) is 6.17 Å². The Kier molecular flexibility index (Phi) is 5.72. The predicted molar refractivity (Wildman–Crippen MR) is 71.0 cm³/mol. The van der Waals surface area contributed by atoms with Crippen molar-refractivity contribution in [2.45, 2.75) is 72.0 Å². The zero-order valence-electron chi connectivity index (χ0n) is 11.4. The van der Waals surface area contributed by atoms with Crippen molar-refractivity contribution in [2.75, 3.05) is 6.54 Å². The Bertz CT molecular complexity index is 211. The molecule has 0 fully saturated rings. The van der Waals surface area contributed by atoms with Crippen LogP contribution in [0.3, 0.4) is 0 Å². The third-order valence-corrected chi connectivity index (χ3v) is 3.34. The first-order valence-electron chi connectivity index (χ1n) is 6.92. The Labute approximate surface area is 101 Å². The van der Waals surface area contributed by atoms with Crippen LogP contribution in [0.15, 0.2) is 12.4 Å². The van der Waals surface area contributed by atoms with Crippen molar-refractivity contribution in [3.63, 3.8) is 0 Å². The highest BCUT2D eigenvalue weighted by molar-refractivity contribution is 4.98. The van der Waals surface area contributed by atoms with Crippen molar-refractivity contribution in [3.8, 4) is 0 Å². The van der Waals surface area contributed by atoms with E-state index in [9.17, 15) is 0 Å². The Morgan fingerprint density at radius 3 is 2.31 bits per heavy atom. The van der Waals surface area contributed by atoms with Crippen molar-refractivity contribution in [3.05, 3.63) is 12.4 Å². The van der Waals surface area contributed by atoms with E-state index in [4.69, 9.17) is 0 Å². The van der Waals surface area contributed by atoms with Gasteiger partial charge in [-0.05, 0) is 33.1 Å². The van der Waals surface area contributed by atoms with Crippen LogP contribution in [0.2, 0.25) is 0 Å². The molecule has 1 aliphatic heterocycles. The molecule has 0 aromatic heterocycles. The number of hydrogen-bond acceptors (Lipinski definition) is 2. The molecular weight excluding hydrogens is 196 g/mol. The molecule has 0 bridgehead atoms. The highest BCUT2D eigenvalue weighted by atomic mass is 15.4. The third-order valence-electron chi connectivity index (χ3n) is 3.34. The van der Waals surface area contributed by atoms with Gasteiger partial charge in [-0.1, -0.05) is 26.7 Å². The van der Waals surface area contributed by atoms with Crippen LogP contribution in [0.25, 0.3) is 0 Å². The molecule has 2 heteroatoms. The summed E-state index contributed by atoms with van der Waals surface area (Å²) < 4.78 is 0. The van der Waals surface area contributed by atoms with E-state index < -0.39 is 0 Å². The summed E-state index contributed by atoms with van der Waals surface area (Å²) in [5.41, 5.74) is 0. The summed E-state index contributed by atoms with van der Waals surface area (Å²) >= 11 is 0. The maximum Gasteiger partial charge on any atom is 0.101 e. The number of unbranched alkanes of at least 4 members (excludes halogenated alkanes) is 2. The molecule has 0 radical (unpaired) electrons. The summed E-state index contributed by atoms with van der Waals surface area (Å²) in [6.45, 7) is 10.3. The molecule has 0 saturated carbocycles. The van der Waals surface area contributed by atoms with E-state index in [1.807, 2.05) is 0 Å². The van der Waals surface area contributed by atoms with Crippen LogP contribution in [0, 0.1) is 0 Å². The molecule has 0 aromatic carbocycles. The fourth-order valence-corrected chi connectivity index (χ4v) is 2.31. The average Bonchev–Trinajstić information content (AvgIpc) is 2.66. The summed E-state index contributed by atoms with van der Waals surface area (Å²) in [6.07, 6.45) is 11.7. The topological polar surface area (TPSA) is 6.48 Å². The van der Waals surface area contributed by atoms with Gasteiger partial charge in [-0.15, -0.1) is 0 Å². The minimum Gasteiger partial charge on any atom is -0.356 e. The van der Waals surface area contributed by atoms with Gasteiger partial charge >= 0.3 is 0 Å². The van der Waals surface area contributed by atoms with Crippen LogP contribution in [0.1, 0.15) is 59.8 Å². The molecule has 94 valence electrons. The largest absolute Gasteiger partial charge is 0.356 e. The van der Waals surface area contributed by atoms with Gasteiger partial charge in [-0.3, -0.25) is 0 Å². The Hall–Kier alpha value is -0.660. The lowest BCUT2D eigenvalue weighted by Crippen LogP contribution is -2.42. The van der Waals surface area contributed by atoms with Gasteiger partial charge in [0.15, 0.2) is 0 Å². The van der Waals surface area contributed by atoms with Crippen molar-refractivity contribution in [1.29, 1.82) is 0 Å². The lowest BCUT2D eigenvalue weighted by molar-refractivity contribution is 0.115. The predicted octanol–water partition coefficient (Wildman–Crippen LogP) is 3.80. The molecule has 0 amide bonds. The van der Waals surface area contributed by atoms with Gasteiger partial charge in [-0.2, -0.15) is 0 Å². The first-order chi connectivity index (χ1) is 7.70. The molecule has 0 aliphatic carbocycles. The third kappa shape index (κ3) is 3.43. The Morgan fingerprint density at radius 2 is 1.75 bits per heavy atom. The van der Waals surface area contributed by atoms with Gasteiger partial charge in [0.05, 0.1) is 0 Å². The van der Waals surface area contributed by atoms with Crippen molar-refractivity contribution in [1.82, 2.24) is 9.80 Å². The van der Waals surface area contributed by atoms with Gasteiger partial charge in [0.2, 0.25) is 0 Å². The molecule has 0 N–H and O–H groups in total. The second kappa shape index (κ2) is 6.82. The smallest absolute Gasteiger partial charge is 0.101 e. The zero-order chi connectivity index (χ0) is 12.0. The fourth-order valence-electron chi connectivity index (χ4n) is 2.31. The van der Waals surface area contributed by atoms with E-state index in [1.165, 1.54) is 38.6 Å². The molecule has 1 rings (SSSR count). The Morgan fingerprint density at radius 1 is 1.06 bits per heavy atom. The maximum absolute atomic E-state index is 2.53. The summed E-state index contributed by atoms with van der Waals surface area (Å²) in [6, 6.07) is 0.615. The van der Waals surface area contributed by atoms with E-state index >= 15 is 0 Å². The normalized spacial score (nSPS) is 20.2. The van der Waals surface area contributed by atoms with Crippen LogP contribution >= 0.6 is 0 Å². The average molecular weight is 224 g/mol. The van der Waals surface area contributed by atoms with Crippen LogP contribution in [-0.2, 0) is 0 Å². The molecule has 1 heterocycles. The number of rotatable bonds is 7. The van der Waals surface area contributed by atoms with E-state index in [1.54, 1.807) is 0 Å². The van der Waals surface area contributed by atoms with Crippen LogP contribution < -0.4 is 0 Å². The summed E-state index contributed by atoms with van der Waals surface area (Å²) in [5.74, 6) is 0. The first-order valence-corrected chi connectivity index (χ1v) is 6.92. The van der Waals surface area contributed by atoms with Gasteiger partial charge in [-0.25, -0.2) is 0 Å². The molecule has 0 aromatic rings. The summed E-state index contributed by atoms with van der Waals surface area (Å²) in [5, 5.41) is 0. The standard InChI is InChI=1S/C14H28N2/c1-5-7-9-14-15(10-8-6-2)11-12-16(14)13(3)4/h11-14H,5-10H2,1-4H3. The van der Waals surface area contributed by atoms with Crippen molar-refractivity contribution >= 4 is 0 Å². The van der Waals surface area contributed by atoms with Crippen LogP contribution in [-0.4, -0.2) is 28.6 Å². The fraction of sp³-hybridized carbons (Fsp3) is 0.857. The maximum atomic E-state index is 2.53. The summed E-state index contributed by atoms with van der Waals surface area (Å²) in [4.78, 5) is 5.03. The quantitative estimate of drug-likeness (QED) is 0.649. The van der Waals surface area contributed by atoms with Crippen LogP contribution in [0.4, 0.5) is 0 Å². The van der Waals surface area contributed by atoms with E-state index in [-0.39, 0.29) is 0 Å². The Balaban J connectivity index is 2.52. The number of nitrogens with zero attached hydrogens (tertiary/aromatic N) is 2. The van der Waals surface area contributed by atoms with Crippen molar-refractivity contribution in [2.24, 2.45) is 0 Å². The highest BCUT2D eigenvalue weighted by Crippen LogP contribution is 2.23. The SMILES string of the molecule is CCCCC1N(CCCC)C=CN1C(C)C. The molecular formula is C14H28N2. The molecule has 0 saturated heterocycles. The minimum atomic E-state index is 0.615. The second-order valence-corrected chi connectivity index (χ2v) is 5.05. The summed E-state index contributed by atoms with van der Waals surface area (Å²) in [7, 11) is 0. The lowest BCUT2D eigenvalue weighted by Gasteiger charge is -2.35. The van der Waals surface area contributed by atoms with E-state index in [2.05, 4.69) is 49.9 Å². The van der Waals surface area contributed by atoms with Crippen LogP contribution in [0.5, 0.6) is 0 Å². The molecule has 0 spiro atoms. The van der Waals surface area contributed by atoms with E-state index in [0.29, 0.717) is 12.2 Å². The minimum absolute atomic E-state index is 0.615. The van der Waals surface area contributed by atoms with E-state index in [0.717, 1.165) is 0 Å². The van der Waals surface area contributed by atoms with Gasteiger partial charge in [0.25, 0.3) is 0 Å². The highest BCUT2D eigenvalue weighted by Gasteiger charge is 2.26. The second-order valence-electron chi connectivity index (χ2n) is 5.05. The number of hydrogen-bond donors (Lipinski definition) is 0. The lowest BCUT2D eigenvalue weighted by atomic mass is 10.1. The molecule has 2 nitrogen and oxygen atoms in total. The van der Waals surface area contributed by atoms with Gasteiger partial charge < -0.3 is 9.80 Å². The molecule has 1 aliphatic rings. The molecule has 1 unspecified atom stereocenters. The molecule has 1 atom stereocenters. The first kappa shape index (κ1) is 13.4. The molecule has 16 heavy (non-hydrogen) atoms. The monoisotopic (exact) mass is 224 g/mol. The van der Waals surface area contributed by atoms with Crippen molar-refractivity contribution < 1.29 is 0 Å². The zero-order valence-corrected chi connectivity index (χ0v) is 11.4. The van der Waals surface area contributed by atoms with Gasteiger partial charge in [0, 0.05) is 25.0 Å².